The lowest BCUT2D eigenvalue weighted by molar-refractivity contribution is 0.405. The third kappa shape index (κ3) is 4.64. The molecule has 0 amide bonds. The average Bonchev–Trinajstić information content (AvgIpc) is 2.56. The van der Waals surface area contributed by atoms with E-state index in [0.717, 1.165) is 17.9 Å². The number of aliphatic imine (C=N–C) groups is 1. The van der Waals surface area contributed by atoms with Crippen molar-refractivity contribution in [3.63, 3.8) is 0 Å². The van der Waals surface area contributed by atoms with Crippen molar-refractivity contribution in [1.82, 2.24) is 0 Å². The van der Waals surface area contributed by atoms with Gasteiger partial charge in [-0.2, -0.15) is 0 Å². The summed E-state index contributed by atoms with van der Waals surface area (Å²) < 4.78 is 10.5. The van der Waals surface area contributed by atoms with Gasteiger partial charge in [0, 0.05) is 12.6 Å². The first-order valence-corrected chi connectivity index (χ1v) is 7.47. The predicted octanol–water partition coefficient (Wildman–Crippen LogP) is 2.98. The molecule has 0 aromatic heterocycles. The van der Waals surface area contributed by atoms with Gasteiger partial charge in [-0.05, 0) is 36.6 Å². The monoisotopic (exact) mass is 313 g/mol. The van der Waals surface area contributed by atoms with Crippen molar-refractivity contribution < 1.29 is 9.47 Å². The van der Waals surface area contributed by atoms with E-state index >= 15 is 0 Å². The minimum atomic E-state index is 0.352. The van der Waals surface area contributed by atoms with Gasteiger partial charge >= 0.3 is 0 Å². The Bertz CT molecular complexity index is 684. The second kappa shape index (κ2) is 8.08. The summed E-state index contributed by atoms with van der Waals surface area (Å²) in [6.07, 6.45) is 0.851. The van der Waals surface area contributed by atoms with Crippen LogP contribution in [0, 0.1) is 6.92 Å². The van der Waals surface area contributed by atoms with E-state index in [1.54, 1.807) is 14.2 Å². The Hall–Kier alpha value is -2.69. The molecule has 23 heavy (non-hydrogen) atoms. The predicted molar refractivity (Wildman–Crippen MR) is 94.5 cm³/mol. The molecular formula is C18H23N3O2. The first-order chi connectivity index (χ1) is 11.1. The molecule has 0 aliphatic heterocycles. The maximum atomic E-state index is 5.97. The molecule has 2 aromatic carbocycles. The van der Waals surface area contributed by atoms with Crippen LogP contribution in [-0.4, -0.2) is 26.7 Å². The Morgan fingerprint density at radius 3 is 2.61 bits per heavy atom. The van der Waals surface area contributed by atoms with E-state index < -0.39 is 0 Å². The molecule has 0 saturated heterocycles. The number of anilines is 1. The Kier molecular flexibility index (Phi) is 5.86. The number of benzene rings is 2. The SMILES string of the molecule is COc1ccc(OC)c(NC(N)=NCCc2ccccc2C)c1. The highest BCUT2D eigenvalue weighted by molar-refractivity contribution is 5.94. The van der Waals surface area contributed by atoms with Crippen molar-refractivity contribution >= 4 is 11.6 Å². The third-order valence-electron chi connectivity index (χ3n) is 3.59. The molecule has 122 valence electrons. The summed E-state index contributed by atoms with van der Waals surface area (Å²) in [4.78, 5) is 4.37. The van der Waals surface area contributed by atoms with Crippen molar-refractivity contribution in [1.29, 1.82) is 0 Å². The van der Waals surface area contributed by atoms with Gasteiger partial charge < -0.3 is 20.5 Å². The van der Waals surface area contributed by atoms with Crippen LogP contribution in [0.3, 0.4) is 0 Å². The molecule has 0 aliphatic carbocycles. The molecular weight excluding hydrogens is 290 g/mol. The Morgan fingerprint density at radius 2 is 1.91 bits per heavy atom. The summed E-state index contributed by atoms with van der Waals surface area (Å²) in [5.41, 5.74) is 9.24. The topological polar surface area (TPSA) is 68.9 Å². The molecule has 0 heterocycles. The Labute approximate surface area is 137 Å². The lowest BCUT2D eigenvalue weighted by atomic mass is 10.1. The van der Waals surface area contributed by atoms with Crippen LogP contribution in [0.4, 0.5) is 5.69 Å². The number of guanidine groups is 1. The van der Waals surface area contributed by atoms with Crippen molar-refractivity contribution in [2.24, 2.45) is 10.7 Å². The summed E-state index contributed by atoms with van der Waals surface area (Å²) >= 11 is 0. The van der Waals surface area contributed by atoms with E-state index in [1.807, 2.05) is 30.3 Å². The van der Waals surface area contributed by atoms with E-state index in [0.29, 0.717) is 18.3 Å². The summed E-state index contributed by atoms with van der Waals surface area (Å²) in [5, 5.41) is 3.06. The van der Waals surface area contributed by atoms with Gasteiger partial charge in [0.1, 0.15) is 11.5 Å². The highest BCUT2D eigenvalue weighted by Gasteiger charge is 2.06. The zero-order valence-electron chi connectivity index (χ0n) is 13.8. The number of hydrogen-bond donors (Lipinski definition) is 2. The third-order valence-corrected chi connectivity index (χ3v) is 3.59. The molecule has 2 aromatic rings. The normalized spacial score (nSPS) is 11.2. The highest BCUT2D eigenvalue weighted by Crippen LogP contribution is 2.28. The van der Waals surface area contributed by atoms with E-state index in [9.17, 15) is 0 Å². The number of hydrogen-bond acceptors (Lipinski definition) is 3. The lowest BCUT2D eigenvalue weighted by Gasteiger charge is -2.12. The van der Waals surface area contributed by atoms with E-state index in [2.05, 4.69) is 29.4 Å². The number of methoxy groups -OCH3 is 2. The number of rotatable bonds is 6. The molecule has 0 spiro atoms. The van der Waals surface area contributed by atoms with Crippen LogP contribution in [0.1, 0.15) is 11.1 Å². The van der Waals surface area contributed by atoms with Gasteiger partial charge in [-0.3, -0.25) is 4.99 Å². The molecule has 5 heteroatoms. The van der Waals surface area contributed by atoms with E-state index in [1.165, 1.54) is 11.1 Å². The quantitative estimate of drug-likeness (QED) is 0.635. The van der Waals surface area contributed by atoms with Crippen LogP contribution in [0.15, 0.2) is 47.5 Å². The fourth-order valence-corrected chi connectivity index (χ4v) is 2.28. The van der Waals surface area contributed by atoms with Gasteiger partial charge in [-0.1, -0.05) is 24.3 Å². The first kappa shape index (κ1) is 16.7. The summed E-state index contributed by atoms with van der Waals surface area (Å²) in [7, 11) is 3.23. The second-order valence-electron chi connectivity index (χ2n) is 5.13. The maximum absolute atomic E-state index is 5.97. The van der Waals surface area contributed by atoms with Gasteiger partial charge in [0.2, 0.25) is 0 Å². The number of ether oxygens (including phenoxy) is 2. The van der Waals surface area contributed by atoms with E-state index in [-0.39, 0.29) is 0 Å². The van der Waals surface area contributed by atoms with Gasteiger partial charge in [0.25, 0.3) is 0 Å². The summed E-state index contributed by atoms with van der Waals surface area (Å²) in [6.45, 7) is 2.72. The Morgan fingerprint density at radius 1 is 1.13 bits per heavy atom. The fraction of sp³-hybridized carbons (Fsp3) is 0.278. The number of nitrogens with zero attached hydrogens (tertiary/aromatic N) is 1. The van der Waals surface area contributed by atoms with E-state index in [4.69, 9.17) is 15.2 Å². The van der Waals surface area contributed by atoms with Crippen LogP contribution in [-0.2, 0) is 6.42 Å². The number of nitrogens with two attached hydrogens (primary N) is 1. The number of nitrogens with one attached hydrogen (secondary N) is 1. The van der Waals surface area contributed by atoms with Gasteiger partial charge in [0.15, 0.2) is 5.96 Å². The largest absolute Gasteiger partial charge is 0.497 e. The van der Waals surface area contributed by atoms with Crippen LogP contribution < -0.4 is 20.5 Å². The zero-order chi connectivity index (χ0) is 16.7. The second-order valence-corrected chi connectivity index (χ2v) is 5.13. The van der Waals surface area contributed by atoms with Crippen molar-refractivity contribution in [2.75, 3.05) is 26.1 Å². The van der Waals surface area contributed by atoms with Crippen molar-refractivity contribution in [2.45, 2.75) is 13.3 Å². The minimum Gasteiger partial charge on any atom is -0.497 e. The summed E-state index contributed by atoms with van der Waals surface area (Å²) in [5.74, 6) is 1.76. The van der Waals surface area contributed by atoms with Crippen molar-refractivity contribution in [3.8, 4) is 11.5 Å². The molecule has 0 unspecified atom stereocenters. The summed E-state index contributed by atoms with van der Waals surface area (Å²) in [6, 6.07) is 13.8. The molecule has 0 atom stereocenters. The molecule has 3 N–H and O–H groups in total. The molecule has 0 aliphatic rings. The fourth-order valence-electron chi connectivity index (χ4n) is 2.28. The minimum absolute atomic E-state index is 0.352. The Balaban J connectivity index is 2.01. The van der Waals surface area contributed by atoms with Crippen LogP contribution in [0.2, 0.25) is 0 Å². The first-order valence-electron chi connectivity index (χ1n) is 7.47. The molecule has 0 radical (unpaired) electrons. The van der Waals surface area contributed by atoms with Crippen LogP contribution >= 0.6 is 0 Å². The smallest absolute Gasteiger partial charge is 0.193 e. The zero-order valence-corrected chi connectivity index (χ0v) is 13.8. The molecule has 2 rings (SSSR count). The molecule has 5 nitrogen and oxygen atoms in total. The molecule has 0 fully saturated rings. The number of aryl methyl sites for hydroxylation is 1. The lowest BCUT2D eigenvalue weighted by Crippen LogP contribution is -2.23. The van der Waals surface area contributed by atoms with Gasteiger partial charge in [0.05, 0.1) is 19.9 Å². The maximum Gasteiger partial charge on any atom is 0.193 e. The van der Waals surface area contributed by atoms with Crippen LogP contribution in [0.25, 0.3) is 0 Å². The standard InChI is InChI=1S/C18H23N3O2/c1-13-6-4-5-7-14(13)10-11-20-18(19)21-16-12-15(22-2)8-9-17(16)23-3/h4-9,12H,10-11H2,1-3H3,(H3,19,20,21). The van der Waals surface area contributed by atoms with Gasteiger partial charge in [-0.15, -0.1) is 0 Å². The average molecular weight is 313 g/mol. The highest BCUT2D eigenvalue weighted by atomic mass is 16.5. The van der Waals surface area contributed by atoms with Crippen LogP contribution in [0.5, 0.6) is 11.5 Å². The van der Waals surface area contributed by atoms with Crippen molar-refractivity contribution in [3.05, 3.63) is 53.6 Å². The molecule has 0 saturated carbocycles. The van der Waals surface area contributed by atoms with Gasteiger partial charge in [-0.25, -0.2) is 0 Å². The molecule has 0 bridgehead atoms.